The lowest BCUT2D eigenvalue weighted by Crippen LogP contribution is -2.02. The number of rotatable bonds is 5. The van der Waals surface area contributed by atoms with Crippen molar-refractivity contribution >= 4 is 33.8 Å². The summed E-state index contributed by atoms with van der Waals surface area (Å²) in [4.78, 5) is 24.1. The second kappa shape index (κ2) is 8.55. The van der Waals surface area contributed by atoms with Crippen LogP contribution in [0.5, 0.6) is 11.5 Å². The highest BCUT2D eigenvalue weighted by Crippen LogP contribution is 2.35. The van der Waals surface area contributed by atoms with E-state index in [1.165, 1.54) is 7.11 Å². The van der Waals surface area contributed by atoms with Crippen LogP contribution in [0.3, 0.4) is 0 Å². The Labute approximate surface area is 182 Å². The lowest BCUT2D eigenvalue weighted by molar-refractivity contribution is 0.0600. The van der Waals surface area contributed by atoms with E-state index in [9.17, 15) is 9.59 Å². The van der Waals surface area contributed by atoms with E-state index in [4.69, 9.17) is 9.47 Å². The summed E-state index contributed by atoms with van der Waals surface area (Å²) < 4.78 is 17.2. The summed E-state index contributed by atoms with van der Waals surface area (Å²) in [6.07, 6.45) is 1.72. The standard InChI is InChI=1S/C24H17BrO5/c1-28-24(27)17-6-2-16(3-7-17)14-29-19-10-11-20-21(13-19)30-22(23(20)26)12-15-4-8-18(25)9-5-15/h2-13H,14H2,1H3. The van der Waals surface area contributed by atoms with Gasteiger partial charge in [-0.2, -0.15) is 0 Å². The van der Waals surface area contributed by atoms with E-state index in [0.29, 0.717) is 29.2 Å². The van der Waals surface area contributed by atoms with Crippen LogP contribution in [0.2, 0.25) is 0 Å². The van der Waals surface area contributed by atoms with Crippen LogP contribution in [0.1, 0.15) is 31.8 Å². The zero-order valence-electron chi connectivity index (χ0n) is 16.1. The number of ketones is 1. The molecule has 150 valence electrons. The van der Waals surface area contributed by atoms with Gasteiger partial charge in [-0.15, -0.1) is 0 Å². The normalized spacial score (nSPS) is 13.7. The number of hydrogen-bond acceptors (Lipinski definition) is 5. The predicted molar refractivity (Wildman–Crippen MR) is 116 cm³/mol. The van der Waals surface area contributed by atoms with Gasteiger partial charge < -0.3 is 14.2 Å². The number of allylic oxidation sites excluding steroid dienone is 1. The van der Waals surface area contributed by atoms with Gasteiger partial charge in [0, 0.05) is 10.5 Å². The molecule has 0 bridgehead atoms. The highest BCUT2D eigenvalue weighted by atomic mass is 79.9. The maximum atomic E-state index is 12.6. The summed E-state index contributed by atoms with van der Waals surface area (Å²) in [5, 5.41) is 0. The average Bonchev–Trinajstić information content (AvgIpc) is 3.08. The molecule has 0 unspecified atom stereocenters. The minimum atomic E-state index is -0.380. The van der Waals surface area contributed by atoms with Crippen molar-refractivity contribution in [3.8, 4) is 11.5 Å². The van der Waals surface area contributed by atoms with E-state index in [2.05, 4.69) is 20.7 Å². The number of hydrogen-bond donors (Lipinski definition) is 0. The summed E-state index contributed by atoms with van der Waals surface area (Å²) in [6, 6.07) is 19.7. The first-order valence-electron chi connectivity index (χ1n) is 9.17. The van der Waals surface area contributed by atoms with Crippen LogP contribution in [0.4, 0.5) is 0 Å². The van der Waals surface area contributed by atoms with Gasteiger partial charge in [0.25, 0.3) is 0 Å². The minimum Gasteiger partial charge on any atom is -0.489 e. The molecule has 3 aromatic rings. The van der Waals surface area contributed by atoms with Crippen LogP contribution in [-0.4, -0.2) is 18.9 Å². The van der Waals surface area contributed by atoms with E-state index in [0.717, 1.165) is 15.6 Å². The number of carbonyl (C=O) groups excluding carboxylic acids is 2. The van der Waals surface area contributed by atoms with Crippen molar-refractivity contribution in [1.82, 2.24) is 0 Å². The number of ether oxygens (including phenoxy) is 3. The Bertz CT molecular complexity index is 1130. The third-order valence-electron chi connectivity index (χ3n) is 4.59. The zero-order valence-corrected chi connectivity index (χ0v) is 17.6. The maximum Gasteiger partial charge on any atom is 0.337 e. The third kappa shape index (κ3) is 4.28. The van der Waals surface area contributed by atoms with Crippen LogP contribution in [0.15, 0.2) is 77.0 Å². The smallest absolute Gasteiger partial charge is 0.337 e. The Morgan fingerprint density at radius 3 is 2.47 bits per heavy atom. The van der Waals surface area contributed by atoms with Gasteiger partial charge in [-0.1, -0.05) is 40.2 Å². The van der Waals surface area contributed by atoms with Gasteiger partial charge in [0.2, 0.25) is 5.78 Å². The molecule has 3 aromatic carbocycles. The van der Waals surface area contributed by atoms with Gasteiger partial charge in [-0.25, -0.2) is 4.79 Å². The molecule has 0 spiro atoms. The highest BCUT2D eigenvalue weighted by Gasteiger charge is 2.27. The molecule has 0 aromatic heterocycles. The van der Waals surface area contributed by atoms with Crippen molar-refractivity contribution in [3.05, 3.63) is 99.2 Å². The monoisotopic (exact) mass is 464 g/mol. The average molecular weight is 465 g/mol. The topological polar surface area (TPSA) is 61.8 Å². The number of methoxy groups -OCH3 is 1. The van der Waals surface area contributed by atoms with Crippen molar-refractivity contribution in [2.45, 2.75) is 6.61 Å². The fourth-order valence-electron chi connectivity index (χ4n) is 2.99. The fraction of sp³-hybridized carbons (Fsp3) is 0.0833. The number of fused-ring (bicyclic) bond motifs is 1. The third-order valence-corrected chi connectivity index (χ3v) is 5.12. The summed E-state index contributed by atoms with van der Waals surface area (Å²) in [6.45, 7) is 0.315. The quantitative estimate of drug-likeness (QED) is 0.372. The number of carbonyl (C=O) groups is 2. The zero-order chi connectivity index (χ0) is 21.1. The first-order chi connectivity index (χ1) is 14.5. The first kappa shape index (κ1) is 19.9. The SMILES string of the molecule is COC(=O)c1ccc(COc2ccc3c(c2)OC(=Cc2ccc(Br)cc2)C3=O)cc1. The summed E-state index contributed by atoms with van der Waals surface area (Å²) in [5.41, 5.74) is 2.76. The molecule has 1 aliphatic heterocycles. The second-order valence-corrected chi connectivity index (χ2v) is 7.54. The molecular formula is C24H17BrO5. The summed E-state index contributed by atoms with van der Waals surface area (Å²) in [7, 11) is 1.35. The van der Waals surface area contributed by atoms with E-state index in [1.54, 1.807) is 48.5 Å². The molecule has 4 rings (SSSR count). The lowest BCUT2D eigenvalue weighted by Gasteiger charge is -2.08. The molecule has 0 aliphatic carbocycles. The van der Waals surface area contributed by atoms with Crippen molar-refractivity contribution in [1.29, 1.82) is 0 Å². The van der Waals surface area contributed by atoms with Crippen LogP contribution in [0.25, 0.3) is 6.08 Å². The molecule has 0 atom stereocenters. The molecule has 30 heavy (non-hydrogen) atoms. The molecule has 6 heteroatoms. The van der Waals surface area contributed by atoms with E-state index in [1.807, 2.05) is 24.3 Å². The van der Waals surface area contributed by atoms with Crippen molar-refractivity contribution in [2.75, 3.05) is 7.11 Å². The molecule has 0 radical (unpaired) electrons. The molecule has 0 saturated heterocycles. The molecule has 0 N–H and O–H groups in total. The molecule has 1 aliphatic rings. The highest BCUT2D eigenvalue weighted by molar-refractivity contribution is 9.10. The van der Waals surface area contributed by atoms with Gasteiger partial charge in [0.1, 0.15) is 18.1 Å². The number of Topliss-reactive ketones (excluding diaryl/α,β-unsaturated/α-hetero) is 1. The van der Waals surface area contributed by atoms with E-state index in [-0.39, 0.29) is 17.5 Å². The largest absolute Gasteiger partial charge is 0.489 e. The maximum absolute atomic E-state index is 12.6. The predicted octanol–water partition coefficient (Wildman–Crippen LogP) is 5.43. The first-order valence-corrected chi connectivity index (χ1v) is 9.97. The minimum absolute atomic E-state index is 0.155. The summed E-state index contributed by atoms with van der Waals surface area (Å²) >= 11 is 3.39. The Balaban J connectivity index is 1.45. The van der Waals surface area contributed by atoms with Crippen LogP contribution in [0, 0.1) is 0 Å². The van der Waals surface area contributed by atoms with Gasteiger partial charge in [-0.05, 0) is 53.6 Å². The molecule has 0 fully saturated rings. The molecule has 0 saturated carbocycles. The molecule has 1 heterocycles. The Hall–Kier alpha value is -3.38. The number of esters is 1. The number of halogens is 1. The van der Waals surface area contributed by atoms with Crippen molar-refractivity contribution in [3.63, 3.8) is 0 Å². The Kier molecular flexibility index (Phi) is 5.68. The van der Waals surface area contributed by atoms with Crippen LogP contribution < -0.4 is 9.47 Å². The van der Waals surface area contributed by atoms with E-state index < -0.39 is 0 Å². The van der Waals surface area contributed by atoms with Crippen molar-refractivity contribution in [2.24, 2.45) is 0 Å². The molecule has 0 amide bonds. The van der Waals surface area contributed by atoms with Gasteiger partial charge in [0.15, 0.2) is 5.76 Å². The Morgan fingerprint density at radius 1 is 1.03 bits per heavy atom. The van der Waals surface area contributed by atoms with Crippen LogP contribution >= 0.6 is 15.9 Å². The Morgan fingerprint density at radius 2 is 1.77 bits per heavy atom. The van der Waals surface area contributed by atoms with Crippen LogP contribution in [-0.2, 0) is 11.3 Å². The van der Waals surface area contributed by atoms with Crippen molar-refractivity contribution < 1.29 is 23.8 Å². The summed E-state index contributed by atoms with van der Waals surface area (Å²) in [5.74, 6) is 0.807. The van der Waals surface area contributed by atoms with E-state index >= 15 is 0 Å². The van der Waals surface area contributed by atoms with Gasteiger partial charge in [-0.3, -0.25) is 4.79 Å². The molecular weight excluding hydrogens is 448 g/mol. The second-order valence-electron chi connectivity index (χ2n) is 6.63. The van der Waals surface area contributed by atoms with Gasteiger partial charge >= 0.3 is 5.97 Å². The lowest BCUT2D eigenvalue weighted by atomic mass is 10.1. The molecule has 5 nitrogen and oxygen atoms in total. The number of benzene rings is 3. The fourth-order valence-corrected chi connectivity index (χ4v) is 3.25. The van der Waals surface area contributed by atoms with Gasteiger partial charge in [0.05, 0.1) is 18.2 Å².